The number of nitrogens with zero attached hydrogens (tertiary/aromatic N) is 2. The van der Waals surface area contributed by atoms with Crippen LogP contribution in [0.5, 0.6) is 5.75 Å². The Balaban J connectivity index is 1.63. The van der Waals surface area contributed by atoms with Crippen LogP contribution in [-0.4, -0.2) is 90.4 Å². The summed E-state index contributed by atoms with van der Waals surface area (Å²) < 4.78 is 18.0. The van der Waals surface area contributed by atoms with Crippen molar-refractivity contribution in [1.29, 1.82) is 0 Å². The van der Waals surface area contributed by atoms with Gasteiger partial charge in [-0.05, 0) is 50.6 Å². The van der Waals surface area contributed by atoms with Gasteiger partial charge >= 0.3 is 5.97 Å². The monoisotopic (exact) mass is 631 g/mol. The van der Waals surface area contributed by atoms with Crippen molar-refractivity contribution in [3.8, 4) is 5.75 Å². The summed E-state index contributed by atoms with van der Waals surface area (Å²) in [5.74, 6) is -3.18. The summed E-state index contributed by atoms with van der Waals surface area (Å²) in [6.07, 6.45) is 4.55. The lowest BCUT2D eigenvalue weighted by Crippen LogP contribution is -2.58. The second kappa shape index (κ2) is 11.6. The van der Waals surface area contributed by atoms with E-state index in [-0.39, 0.29) is 32.0 Å². The molecule has 2 N–H and O–H groups in total. The van der Waals surface area contributed by atoms with Gasteiger partial charge in [0.2, 0.25) is 11.8 Å². The SMILES string of the molecule is COc1ccc(N2C/C=C\CCC(=O)NC[C@@H](C)OC(=O)[C@@H]3[C@H]4O[C@@]5(C=C4Br)[C@H](C2=O)N([C@H](C)CO)C(=O)[C@@H]35)cc1. The predicted octanol–water partition coefficient (Wildman–Crippen LogP) is 1.68. The van der Waals surface area contributed by atoms with E-state index in [0.717, 1.165) is 0 Å². The van der Waals surface area contributed by atoms with Crippen molar-refractivity contribution in [3.05, 3.63) is 47.0 Å². The number of methoxy groups -OCH3 is 1. The van der Waals surface area contributed by atoms with Crippen molar-refractivity contribution in [3.63, 3.8) is 0 Å². The van der Waals surface area contributed by atoms with Crippen LogP contribution < -0.4 is 15.0 Å². The first-order valence-electron chi connectivity index (χ1n) is 13.7. The number of allylic oxidation sites excluding steroid dienone is 1. The quantitative estimate of drug-likeness (QED) is 0.379. The zero-order chi connectivity index (χ0) is 29.5. The summed E-state index contributed by atoms with van der Waals surface area (Å²) in [6, 6.07) is 5.06. The Hall–Kier alpha value is -3.22. The lowest BCUT2D eigenvalue weighted by Gasteiger charge is -2.37. The van der Waals surface area contributed by atoms with Crippen LogP contribution in [0.1, 0.15) is 26.7 Å². The fraction of sp³-hybridized carbons (Fsp3) is 0.517. The Morgan fingerprint density at radius 1 is 1.17 bits per heavy atom. The fourth-order valence-corrected chi connectivity index (χ4v) is 6.91. The number of aliphatic hydroxyl groups excluding tert-OH is 1. The molecule has 2 fully saturated rings. The van der Waals surface area contributed by atoms with Gasteiger partial charge in [-0.25, -0.2) is 0 Å². The normalized spacial score (nSPS) is 33.7. The van der Waals surface area contributed by atoms with Crippen LogP contribution in [0.2, 0.25) is 0 Å². The van der Waals surface area contributed by atoms with Crippen LogP contribution in [0.25, 0.3) is 0 Å². The summed E-state index contributed by atoms with van der Waals surface area (Å²) in [7, 11) is 1.55. The fourth-order valence-electron chi connectivity index (χ4n) is 6.18. The van der Waals surface area contributed by atoms with Crippen LogP contribution in [0.4, 0.5) is 5.69 Å². The van der Waals surface area contributed by atoms with Crippen LogP contribution >= 0.6 is 15.9 Å². The molecule has 4 aliphatic heterocycles. The molecule has 4 heterocycles. The summed E-state index contributed by atoms with van der Waals surface area (Å²) in [4.78, 5) is 57.5. The second-order valence-electron chi connectivity index (χ2n) is 10.8. The molecule has 12 heteroatoms. The highest BCUT2D eigenvalue weighted by Crippen LogP contribution is 2.59. The zero-order valence-corrected chi connectivity index (χ0v) is 24.7. The molecule has 1 aromatic rings. The van der Waals surface area contributed by atoms with Gasteiger partial charge in [0.25, 0.3) is 5.91 Å². The summed E-state index contributed by atoms with van der Waals surface area (Å²) in [5, 5.41) is 12.9. The van der Waals surface area contributed by atoms with Crippen LogP contribution in [0, 0.1) is 11.8 Å². The summed E-state index contributed by atoms with van der Waals surface area (Å²) >= 11 is 3.51. The molecule has 11 nitrogen and oxygen atoms in total. The molecule has 0 aromatic heterocycles. The van der Waals surface area contributed by atoms with Crippen molar-refractivity contribution in [2.75, 3.05) is 31.7 Å². The van der Waals surface area contributed by atoms with Gasteiger partial charge in [0.05, 0.1) is 32.2 Å². The molecule has 3 amide bonds. The molecule has 41 heavy (non-hydrogen) atoms. The predicted molar refractivity (Wildman–Crippen MR) is 151 cm³/mol. The Labute approximate surface area is 246 Å². The smallest absolute Gasteiger partial charge is 0.313 e. The van der Waals surface area contributed by atoms with Gasteiger partial charge in [-0.2, -0.15) is 0 Å². The number of likely N-dealkylation sites (tertiary alicyclic amines) is 1. The number of esters is 1. The topological polar surface area (TPSA) is 135 Å². The molecule has 2 saturated heterocycles. The van der Waals surface area contributed by atoms with Gasteiger partial charge in [0, 0.05) is 23.1 Å². The number of aliphatic hydroxyl groups is 1. The van der Waals surface area contributed by atoms with Gasteiger partial charge in [0.1, 0.15) is 35.5 Å². The van der Waals surface area contributed by atoms with E-state index in [1.54, 1.807) is 57.4 Å². The highest BCUT2D eigenvalue weighted by molar-refractivity contribution is 9.11. The minimum atomic E-state index is -1.45. The van der Waals surface area contributed by atoms with Crippen LogP contribution in [-0.2, 0) is 28.7 Å². The van der Waals surface area contributed by atoms with E-state index < -0.39 is 59.5 Å². The average Bonchev–Trinajstić information content (AvgIpc) is 3.56. The van der Waals surface area contributed by atoms with Crippen molar-refractivity contribution < 1.29 is 38.5 Å². The summed E-state index contributed by atoms with van der Waals surface area (Å²) in [6.45, 7) is 3.20. The zero-order valence-electron chi connectivity index (χ0n) is 23.1. The van der Waals surface area contributed by atoms with Gasteiger partial charge < -0.3 is 34.4 Å². The molecule has 220 valence electrons. The molecule has 0 saturated carbocycles. The van der Waals surface area contributed by atoms with Crippen molar-refractivity contribution in [1.82, 2.24) is 10.2 Å². The van der Waals surface area contributed by atoms with E-state index in [9.17, 15) is 24.3 Å². The van der Waals surface area contributed by atoms with E-state index in [2.05, 4.69) is 21.2 Å². The molecule has 0 aliphatic carbocycles. The highest BCUT2D eigenvalue weighted by atomic mass is 79.9. The largest absolute Gasteiger partial charge is 0.497 e. The molecule has 5 bridgehead atoms. The van der Waals surface area contributed by atoms with Crippen molar-refractivity contribution >= 4 is 45.3 Å². The number of carbonyl (C=O) groups is 4. The Bertz CT molecular complexity index is 1280. The number of benzene rings is 1. The third kappa shape index (κ3) is 5.06. The standard InChI is InChI=1S/C29H34BrN3O8/c1-16(15-34)33-25-27(37)32(18-8-10-19(39-3)11-9-18)12-6-4-5-7-21(35)31-14-17(2)40-28(38)22-23(26(33)36)29(25)13-20(30)24(22)41-29/h4,6,8-11,13,16-17,22-25,34H,5,7,12,14-15H2,1-3H3,(H,31,35)/b6-4-/t16-,17-,22+,23-,24+,25+,29-/m1/s1. The lowest BCUT2D eigenvalue weighted by molar-refractivity contribution is -0.159. The number of fused-ring (bicyclic) bond motifs is 2. The molecule has 0 radical (unpaired) electrons. The number of nitrogens with one attached hydrogen (secondary N) is 1. The molecule has 7 atom stereocenters. The maximum absolute atomic E-state index is 14.6. The number of hydrogen-bond donors (Lipinski definition) is 2. The maximum atomic E-state index is 14.6. The third-order valence-electron chi connectivity index (χ3n) is 8.16. The molecule has 5 rings (SSSR count). The molecular weight excluding hydrogens is 598 g/mol. The number of hydrogen-bond acceptors (Lipinski definition) is 8. The van der Waals surface area contributed by atoms with E-state index in [0.29, 0.717) is 22.3 Å². The Morgan fingerprint density at radius 2 is 1.90 bits per heavy atom. The molecular formula is C29H34BrN3O8. The summed E-state index contributed by atoms with van der Waals surface area (Å²) in [5.41, 5.74) is -0.898. The number of rotatable bonds is 4. The van der Waals surface area contributed by atoms with Gasteiger partial charge in [-0.3, -0.25) is 19.2 Å². The van der Waals surface area contributed by atoms with Crippen LogP contribution in [0.3, 0.4) is 0 Å². The van der Waals surface area contributed by atoms with Crippen molar-refractivity contribution in [2.45, 2.75) is 56.6 Å². The minimum absolute atomic E-state index is 0.118. The van der Waals surface area contributed by atoms with E-state index >= 15 is 0 Å². The maximum Gasteiger partial charge on any atom is 0.313 e. The first kappa shape index (κ1) is 29.3. The third-order valence-corrected chi connectivity index (χ3v) is 8.84. The average molecular weight is 633 g/mol. The number of amides is 3. The molecule has 1 spiro atoms. The number of carbonyl (C=O) groups excluding carboxylic acids is 4. The Kier molecular flexibility index (Phi) is 8.27. The van der Waals surface area contributed by atoms with E-state index in [1.165, 1.54) is 9.80 Å². The van der Waals surface area contributed by atoms with Crippen molar-refractivity contribution in [2.24, 2.45) is 11.8 Å². The first-order chi connectivity index (χ1) is 19.6. The number of anilines is 1. The van der Waals surface area contributed by atoms with E-state index in [1.807, 2.05) is 6.08 Å². The number of halogens is 1. The van der Waals surface area contributed by atoms with Gasteiger partial charge in [0.15, 0.2) is 0 Å². The second-order valence-corrected chi connectivity index (χ2v) is 11.7. The van der Waals surface area contributed by atoms with E-state index in [4.69, 9.17) is 14.2 Å². The molecule has 4 aliphatic rings. The first-order valence-corrected chi connectivity index (χ1v) is 14.5. The molecule has 0 unspecified atom stereocenters. The molecule has 1 aromatic carbocycles. The van der Waals surface area contributed by atoms with Gasteiger partial charge in [-0.15, -0.1) is 0 Å². The van der Waals surface area contributed by atoms with Crippen LogP contribution in [0.15, 0.2) is 47.0 Å². The number of ether oxygens (including phenoxy) is 3. The lowest BCUT2D eigenvalue weighted by atomic mass is 9.74. The number of cyclic esters (lactones) is 1. The van der Waals surface area contributed by atoms with Gasteiger partial charge in [-0.1, -0.05) is 28.1 Å². The Morgan fingerprint density at radius 3 is 2.59 bits per heavy atom. The minimum Gasteiger partial charge on any atom is -0.497 e. The highest BCUT2D eigenvalue weighted by Gasteiger charge is 2.75.